The number of nitrogens with zero attached hydrogens (tertiary/aromatic N) is 1. The van der Waals surface area contributed by atoms with Crippen LogP contribution in [0.1, 0.15) is 23.7 Å². The standard InChI is InChI=1S/C13H17N3O5/c1-3-6-14-12(17)8-15-10-7-9(13(18)21-2)4-5-11(10)16(19)20/h4-5,7,15H,3,6,8H2,1-2H3,(H,14,17). The highest BCUT2D eigenvalue weighted by atomic mass is 16.6. The number of hydrogen-bond donors (Lipinski definition) is 2. The van der Waals surface area contributed by atoms with Crippen LogP contribution in [0.3, 0.4) is 0 Å². The highest BCUT2D eigenvalue weighted by molar-refractivity contribution is 5.92. The average molecular weight is 295 g/mol. The van der Waals surface area contributed by atoms with E-state index in [0.717, 1.165) is 6.42 Å². The SMILES string of the molecule is CCCNC(=O)CNc1cc(C(=O)OC)ccc1[N+](=O)[O-]. The molecule has 1 aromatic rings. The van der Waals surface area contributed by atoms with Crippen LogP contribution in [0.5, 0.6) is 0 Å². The van der Waals surface area contributed by atoms with Gasteiger partial charge in [0.05, 0.1) is 24.1 Å². The van der Waals surface area contributed by atoms with Crippen molar-refractivity contribution >= 4 is 23.3 Å². The first-order valence-electron chi connectivity index (χ1n) is 6.37. The molecule has 0 aliphatic heterocycles. The Kier molecular flexibility index (Phi) is 6.12. The lowest BCUT2D eigenvalue weighted by Gasteiger charge is -2.09. The molecule has 0 fully saturated rings. The van der Waals surface area contributed by atoms with Gasteiger partial charge in [-0.1, -0.05) is 6.92 Å². The van der Waals surface area contributed by atoms with Crippen molar-refractivity contribution in [1.82, 2.24) is 5.32 Å². The zero-order chi connectivity index (χ0) is 15.8. The molecule has 1 aromatic carbocycles. The van der Waals surface area contributed by atoms with Crippen molar-refractivity contribution in [3.8, 4) is 0 Å². The van der Waals surface area contributed by atoms with E-state index in [-0.39, 0.29) is 29.4 Å². The Morgan fingerprint density at radius 2 is 2.10 bits per heavy atom. The maximum atomic E-state index is 11.5. The first-order chi connectivity index (χ1) is 9.99. The van der Waals surface area contributed by atoms with Crippen LogP contribution in [0.2, 0.25) is 0 Å². The van der Waals surface area contributed by atoms with Crippen LogP contribution in [0.4, 0.5) is 11.4 Å². The van der Waals surface area contributed by atoms with Gasteiger partial charge in [0.25, 0.3) is 5.69 Å². The minimum atomic E-state index is -0.608. The lowest BCUT2D eigenvalue weighted by molar-refractivity contribution is -0.384. The van der Waals surface area contributed by atoms with E-state index in [9.17, 15) is 19.7 Å². The highest BCUT2D eigenvalue weighted by Gasteiger charge is 2.17. The molecule has 21 heavy (non-hydrogen) atoms. The van der Waals surface area contributed by atoms with Crippen LogP contribution in [-0.4, -0.2) is 37.0 Å². The lowest BCUT2D eigenvalue weighted by Crippen LogP contribution is -2.30. The largest absolute Gasteiger partial charge is 0.465 e. The fourth-order valence-electron chi connectivity index (χ4n) is 1.58. The maximum absolute atomic E-state index is 11.5. The number of amides is 1. The Bertz CT molecular complexity index is 545. The van der Waals surface area contributed by atoms with Gasteiger partial charge in [0, 0.05) is 12.6 Å². The van der Waals surface area contributed by atoms with E-state index in [4.69, 9.17) is 0 Å². The molecule has 0 heterocycles. The first kappa shape index (κ1) is 16.4. The molecule has 0 aliphatic rings. The highest BCUT2D eigenvalue weighted by Crippen LogP contribution is 2.25. The monoisotopic (exact) mass is 295 g/mol. The molecule has 0 aromatic heterocycles. The zero-order valence-corrected chi connectivity index (χ0v) is 11.8. The Balaban J connectivity index is 2.88. The Morgan fingerprint density at radius 1 is 1.38 bits per heavy atom. The Labute approximate surface area is 121 Å². The average Bonchev–Trinajstić information content (AvgIpc) is 2.49. The summed E-state index contributed by atoms with van der Waals surface area (Å²) in [5.74, 6) is -0.891. The molecule has 0 aliphatic carbocycles. The van der Waals surface area contributed by atoms with Crippen LogP contribution in [0.15, 0.2) is 18.2 Å². The van der Waals surface area contributed by atoms with Gasteiger partial charge in [0.15, 0.2) is 0 Å². The van der Waals surface area contributed by atoms with Crippen LogP contribution in [0.25, 0.3) is 0 Å². The smallest absolute Gasteiger partial charge is 0.337 e. The Hall–Kier alpha value is -2.64. The molecule has 8 heteroatoms. The number of nitrogens with one attached hydrogen (secondary N) is 2. The van der Waals surface area contributed by atoms with Gasteiger partial charge >= 0.3 is 5.97 Å². The molecule has 114 valence electrons. The molecule has 0 bridgehead atoms. The number of ether oxygens (including phenoxy) is 1. The third-order valence-electron chi connectivity index (χ3n) is 2.63. The number of esters is 1. The number of hydrogen-bond acceptors (Lipinski definition) is 6. The number of carbonyl (C=O) groups excluding carboxylic acids is 2. The van der Waals surface area contributed by atoms with Crippen molar-refractivity contribution in [2.24, 2.45) is 0 Å². The molecule has 1 amide bonds. The van der Waals surface area contributed by atoms with Gasteiger partial charge < -0.3 is 15.4 Å². The molecule has 1 rings (SSSR count). The minimum absolute atomic E-state index is 0.0922. The molecule has 2 N–H and O–H groups in total. The van der Waals surface area contributed by atoms with Gasteiger partial charge in [-0.15, -0.1) is 0 Å². The van der Waals surface area contributed by atoms with Crippen LogP contribution in [-0.2, 0) is 9.53 Å². The fraction of sp³-hybridized carbons (Fsp3) is 0.385. The lowest BCUT2D eigenvalue weighted by atomic mass is 10.1. The number of rotatable bonds is 7. The molecule has 8 nitrogen and oxygen atoms in total. The zero-order valence-electron chi connectivity index (χ0n) is 11.8. The van der Waals surface area contributed by atoms with Crippen molar-refractivity contribution in [3.63, 3.8) is 0 Å². The topological polar surface area (TPSA) is 111 Å². The second kappa shape index (κ2) is 7.83. The molecular formula is C13H17N3O5. The summed E-state index contributed by atoms with van der Waals surface area (Å²) in [7, 11) is 1.22. The third-order valence-corrected chi connectivity index (χ3v) is 2.63. The second-order valence-corrected chi connectivity index (χ2v) is 4.18. The van der Waals surface area contributed by atoms with Crippen LogP contribution < -0.4 is 10.6 Å². The predicted molar refractivity (Wildman–Crippen MR) is 76.2 cm³/mol. The van der Waals surface area contributed by atoms with E-state index >= 15 is 0 Å². The van der Waals surface area contributed by atoms with Crippen molar-refractivity contribution in [2.45, 2.75) is 13.3 Å². The van der Waals surface area contributed by atoms with Crippen molar-refractivity contribution in [2.75, 3.05) is 25.5 Å². The van der Waals surface area contributed by atoms with Crippen LogP contribution >= 0.6 is 0 Å². The van der Waals surface area contributed by atoms with E-state index in [1.165, 1.54) is 25.3 Å². The van der Waals surface area contributed by atoms with E-state index < -0.39 is 10.9 Å². The van der Waals surface area contributed by atoms with Crippen LogP contribution in [0, 0.1) is 10.1 Å². The first-order valence-corrected chi connectivity index (χ1v) is 6.37. The number of nitro groups is 1. The normalized spacial score (nSPS) is 9.81. The summed E-state index contributed by atoms with van der Waals surface area (Å²) >= 11 is 0. The molecular weight excluding hydrogens is 278 g/mol. The number of benzene rings is 1. The molecule has 0 radical (unpaired) electrons. The molecule has 0 spiro atoms. The van der Waals surface area contributed by atoms with Gasteiger partial charge in [-0.2, -0.15) is 0 Å². The molecule has 0 atom stereocenters. The number of methoxy groups -OCH3 is 1. The Morgan fingerprint density at radius 3 is 2.67 bits per heavy atom. The maximum Gasteiger partial charge on any atom is 0.337 e. The van der Waals surface area contributed by atoms with Crippen molar-refractivity contribution in [1.29, 1.82) is 0 Å². The van der Waals surface area contributed by atoms with Gasteiger partial charge in [0.1, 0.15) is 5.69 Å². The third kappa shape index (κ3) is 4.75. The van der Waals surface area contributed by atoms with E-state index in [1.54, 1.807) is 0 Å². The van der Waals surface area contributed by atoms with E-state index in [2.05, 4.69) is 15.4 Å². The quantitative estimate of drug-likeness (QED) is 0.446. The summed E-state index contributed by atoms with van der Waals surface area (Å²) in [6, 6.07) is 3.78. The summed E-state index contributed by atoms with van der Waals surface area (Å²) in [6.07, 6.45) is 0.795. The minimum Gasteiger partial charge on any atom is -0.465 e. The fourth-order valence-corrected chi connectivity index (χ4v) is 1.58. The summed E-state index contributed by atoms with van der Waals surface area (Å²) in [6.45, 7) is 2.33. The van der Waals surface area contributed by atoms with Gasteiger partial charge in [0.2, 0.25) is 5.91 Å². The molecule has 0 unspecified atom stereocenters. The van der Waals surface area contributed by atoms with Gasteiger partial charge in [-0.05, 0) is 18.6 Å². The molecule has 0 saturated carbocycles. The van der Waals surface area contributed by atoms with Gasteiger partial charge in [-0.3, -0.25) is 14.9 Å². The summed E-state index contributed by atoms with van der Waals surface area (Å²) in [5, 5.41) is 16.2. The van der Waals surface area contributed by atoms with Gasteiger partial charge in [-0.25, -0.2) is 4.79 Å². The second-order valence-electron chi connectivity index (χ2n) is 4.18. The predicted octanol–water partition coefficient (Wildman–Crippen LogP) is 1.32. The number of nitro benzene ring substituents is 1. The number of carbonyl (C=O) groups is 2. The molecule has 0 saturated heterocycles. The van der Waals surface area contributed by atoms with Crippen molar-refractivity contribution in [3.05, 3.63) is 33.9 Å². The summed E-state index contributed by atoms with van der Waals surface area (Å²) in [5.41, 5.74) is 0.0417. The number of anilines is 1. The summed E-state index contributed by atoms with van der Waals surface area (Å²) < 4.78 is 4.55. The van der Waals surface area contributed by atoms with E-state index in [1.807, 2.05) is 6.92 Å². The van der Waals surface area contributed by atoms with E-state index in [0.29, 0.717) is 6.54 Å². The summed E-state index contributed by atoms with van der Waals surface area (Å²) in [4.78, 5) is 33.3. The van der Waals surface area contributed by atoms with Crippen molar-refractivity contribution < 1.29 is 19.2 Å².